The maximum absolute atomic E-state index is 14.6. The van der Waals surface area contributed by atoms with Crippen molar-refractivity contribution in [2.45, 2.75) is 4.71 Å². The quantitative estimate of drug-likeness (QED) is 0.631. The summed E-state index contributed by atoms with van der Waals surface area (Å²) >= 11 is -0.152. The van der Waals surface area contributed by atoms with Gasteiger partial charge >= 0.3 is 169 Å². The normalized spacial score (nSPS) is 18.9. The molecular weight excluding hydrogens is 422 g/mol. The Bertz CT molecular complexity index is 1010. The minimum absolute atomic E-state index is 0.152. The summed E-state index contributed by atoms with van der Waals surface area (Å²) in [7, 11) is 1.74. The maximum atomic E-state index is 14.6. The van der Waals surface area contributed by atoms with E-state index in [0.29, 0.717) is 22.6 Å². The van der Waals surface area contributed by atoms with Crippen molar-refractivity contribution in [3.05, 3.63) is 53.5 Å². The number of hydrogen-bond acceptors (Lipinski definition) is 4. The third-order valence-corrected chi connectivity index (χ3v) is 8.11. The van der Waals surface area contributed by atoms with E-state index >= 15 is 0 Å². The van der Waals surface area contributed by atoms with Crippen LogP contribution in [0.15, 0.2) is 42.1 Å². The Hall–Kier alpha value is -2.50. The number of benzene rings is 2. The third kappa shape index (κ3) is 2.86. The van der Waals surface area contributed by atoms with Gasteiger partial charge in [0.05, 0.1) is 0 Å². The van der Waals surface area contributed by atoms with Crippen LogP contribution in [0.3, 0.4) is 0 Å². The molecule has 3 aliphatic heterocycles. The van der Waals surface area contributed by atoms with Crippen molar-refractivity contribution >= 4 is 31.8 Å². The van der Waals surface area contributed by atoms with Crippen LogP contribution in [0.25, 0.3) is 16.8 Å². The topological polar surface area (TPSA) is 65.6 Å². The van der Waals surface area contributed by atoms with E-state index in [9.17, 15) is 9.18 Å². The summed E-state index contributed by atoms with van der Waals surface area (Å²) in [6.45, 7) is 2.33. The predicted octanol–water partition coefficient (Wildman–Crippen LogP) is 1.43. The fraction of sp³-hybridized carbons (Fsp3) is 0.250. The van der Waals surface area contributed by atoms with Gasteiger partial charge in [0.2, 0.25) is 0 Å². The van der Waals surface area contributed by atoms with Crippen molar-refractivity contribution in [3.8, 4) is 16.9 Å². The molecule has 0 aliphatic carbocycles. The number of nitrogens with one attached hydrogen (secondary N) is 3. The average Bonchev–Trinajstić information content (AvgIpc) is 2.67. The Kier molecular flexibility index (Phi) is 4.29. The van der Waals surface area contributed by atoms with Crippen LogP contribution in [-0.2, 0) is 0 Å². The molecule has 0 atom stereocenters. The van der Waals surface area contributed by atoms with E-state index in [4.69, 9.17) is 4.74 Å². The first kappa shape index (κ1) is 17.6. The van der Waals surface area contributed by atoms with E-state index in [1.165, 1.54) is 6.07 Å². The number of carbonyl (C=O) groups is 1. The molecule has 3 N–H and O–H groups in total. The first-order chi connectivity index (χ1) is 13.6. The molecule has 1 radical (unpaired) electrons. The van der Waals surface area contributed by atoms with Gasteiger partial charge in [-0.05, 0) is 0 Å². The standard InChI is InChI=1S/C20H19AsFN4O2/c1-26-19-14-6-15(21-11-8-23-9-11)13(12-4-2-3-5-16(12)22)7-18(14)28-10-17(19)24-25-20(26)27/h2-7,11,23-24H,8-10H2,1H3,(H,25,27). The molecule has 1 fully saturated rings. The van der Waals surface area contributed by atoms with Crippen molar-refractivity contribution in [2.24, 2.45) is 0 Å². The Balaban J connectivity index is 1.67. The molecule has 8 heteroatoms. The number of rotatable bonds is 3. The van der Waals surface area contributed by atoms with Crippen LogP contribution >= 0.6 is 0 Å². The number of hydrazine groups is 1. The van der Waals surface area contributed by atoms with E-state index < -0.39 is 0 Å². The van der Waals surface area contributed by atoms with Gasteiger partial charge in [-0.3, -0.25) is 0 Å². The fourth-order valence-corrected chi connectivity index (χ4v) is 6.47. The first-order valence-corrected chi connectivity index (χ1v) is 11.1. The monoisotopic (exact) mass is 441 g/mol. The number of halogens is 1. The van der Waals surface area contributed by atoms with E-state index in [1.807, 2.05) is 18.2 Å². The van der Waals surface area contributed by atoms with Gasteiger partial charge in [0.25, 0.3) is 0 Å². The van der Waals surface area contributed by atoms with Crippen LogP contribution < -0.4 is 25.3 Å². The Morgan fingerprint density at radius 3 is 2.71 bits per heavy atom. The van der Waals surface area contributed by atoms with Gasteiger partial charge in [0, 0.05) is 0 Å². The number of hydrogen-bond donors (Lipinski definition) is 3. The third-order valence-electron chi connectivity index (χ3n) is 5.22. The molecule has 2 aromatic carbocycles. The summed E-state index contributed by atoms with van der Waals surface area (Å²) in [4.78, 5) is 13.7. The van der Waals surface area contributed by atoms with Gasteiger partial charge in [-0.2, -0.15) is 0 Å². The molecule has 2 amide bonds. The number of fused-ring (bicyclic) bond motifs is 2. The summed E-state index contributed by atoms with van der Waals surface area (Å²) < 4.78 is 22.3. The van der Waals surface area contributed by atoms with E-state index in [1.54, 1.807) is 18.0 Å². The zero-order valence-corrected chi connectivity index (χ0v) is 17.1. The molecule has 3 heterocycles. The van der Waals surface area contributed by atoms with Crippen molar-refractivity contribution in [1.29, 1.82) is 0 Å². The molecule has 6 nitrogen and oxygen atoms in total. The van der Waals surface area contributed by atoms with Crippen LogP contribution in [0, 0.1) is 5.82 Å². The average molecular weight is 441 g/mol. The molecule has 3 aliphatic rings. The van der Waals surface area contributed by atoms with Crippen molar-refractivity contribution in [2.75, 3.05) is 26.7 Å². The van der Waals surface area contributed by atoms with Gasteiger partial charge in [0.15, 0.2) is 0 Å². The first-order valence-electron chi connectivity index (χ1n) is 9.12. The Morgan fingerprint density at radius 1 is 1.14 bits per heavy atom. The van der Waals surface area contributed by atoms with Gasteiger partial charge in [-0.15, -0.1) is 0 Å². The molecule has 0 aromatic heterocycles. The molecule has 0 unspecified atom stereocenters. The second-order valence-electron chi connectivity index (χ2n) is 7.02. The molecule has 143 valence electrons. The summed E-state index contributed by atoms with van der Waals surface area (Å²) in [5.41, 5.74) is 9.56. The van der Waals surface area contributed by atoms with Gasteiger partial charge in [-0.1, -0.05) is 0 Å². The fourth-order valence-electron chi connectivity index (χ4n) is 3.61. The van der Waals surface area contributed by atoms with Crippen LogP contribution in [-0.4, -0.2) is 53.4 Å². The van der Waals surface area contributed by atoms with Gasteiger partial charge in [-0.25, -0.2) is 0 Å². The SMILES string of the molecule is CN1C(=O)NNC2=C1c1cc([As]C3CNC3)c(-c3ccccc3F)cc1OC2. The summed E-state index contributed by atoms with van der Waals surface area (Å²) in [6, 6.07) is 10.7. The minimum atomic E-state index is -0.233. The van der Waals surface area contributed by atoms with Crippen LogP contribution in [0.5, 0.6) is 5.75 Å². The van der Waals surface area contributed by atoms with E-state index in [2.05, 4.69) is 22.2 Å². The molecular formula is C20H19AsFN4O2. The predicted molar refractivity (Wildman–Crippen MR) is 106 cm³/mol. The molecule has 0 bridgehead atoms. The zero-order chi connectivity index (χ0) is 19.3. The van der Waals surface area contributed by atoms with Crippen molar-refractivity contribution < 1.29 is 13.9 Å². The number of carbonyl (C=O) groups excluding carboxylic acids is 1. The number of nitrogens with zero attached hydrogens (tertiary/aromatic N) is 1. The molecule has 1 saturated heterocycles. The van der Waals surface area contributed by atoms with Gasteiger partial charge < -0.3 is 0 Å². The number of ether oxygens (including phenoxy) is 1. The second kappa shape index (κ2) is 6.83. The number of urea groups is 1. The second-order valence-corrected chi connectivity index (χ2v) is 10.1. The van der Waals surface area contributed by atoms with E-state index in [0.717, 1.165) is 40.0 Å². The molecule has 0 spiro atoms. The van der Waals surface area contributed by atoms with Crippen LogP contribution in [0.4, 0.5) is 9.18 Å². The molecule has 0 saturated carbocycles. The molecule has 5 rings (SSSR count). The van der Waals surface area contributed by atoms with Crippen molar-refractivity contribution in [1.82, 2.24) is 21.1 Å². The number of amides is 2. The van der Waals surface area contributed by atoms with Crippen molar-refractivity contribution in [3.63, 3.8) is 0 Å². The summed E-state index contributed by atoms with van der Waals surface area (Å²) in [5.74, 6) is 0.445. The van der Waals surface area contributed by atoms with Gasteiger partial charge in [0.1, 0.15) is 0 Å². The zero-order valence-electron chi connectivity index (χ0n) is 15.3. The van der Waals surface area contributed by atoms with Crippen LogP contribution in [0.2, 0.25) is 4.71 Å². The van der Waals surface area contributed by atoms with E-state index in [-0.39, 0.29) is 27.6 Å². The molecule has 2 aromatic rings. The van der Waals surface area contributed by atoms with Crippen LogP contribution in [0.1, 0.15) is 5.56 Å². The molecule has 28 heavy (non-hydrogen) atoms. The Labute approximate surface area is 168 Å². The summed E-state index contributed by atoms with van der Waals surface area (Å²) in [5, 5.41) is 3.32. The summed E-state index contributed by atoms with van der Waals surface area (Å²) in [6.07, 6.45) is 0. The Morgan fingerprint density at radius 2 is 1.96 bits per heavy atom.